The first kappa shape index (κ1) is 18.1. The first-order chi connectivity index (χ1) is 13.0. The molecule has 3 rings (SSSR count). The van der Waals surface area contributed by atoms with Crippen molar-refractivity contribution < 1.29 is 14.0 Å². The van der Waals surface area contributed by atoms with Crippen LogP contribution < -0.4 is 16.4 Å². The third kappa shape index (κ3) is 4.66. The Bertz CT molecular complexity index is 927. The molecule has 0 radical (unpaired) electrons. The highest BCUT2D eigenvalue weighted by molar-refractivity contribution is 5.91. The van der Waals surface area contributed by atoms with Crippen molar-refractivity contribution in [3.05, 3.63) is 72.7 Å². The normalized spacial score (nSPS) is 11.6. The molecule has 0 bridgehead atoms. The van der Waals surface area contributed by atoms with Gasteiger partial charge in [0.1, 0.15) is 18.0 Å². The van der Waals surface area contributed by atoms with Gasteiger partial charge in [0, 0.05) is 18.0 Å². The number of amides is 3. The summed E-state index contributed by atoms with van der Waals surface area (Å²) in [7, 11) is 0. The molecular weight excluding hydrogens is 351 g/mol. The van der Waals surface area contributed by atoms with Crippen LogP contribution in [0.1, 0.15) is 18.0 Å². The van der Waals surface area contributed by atoms with Gasteiger partial charge in [0.25, 0.3) is 0 Å². The summed E-state index contributed by atoms with van der Waals surface area (Å²) < 4.78 is 15.7. The van der Waals surface area contributed by atoms with Crippen LogP contribution in [0, 0.1) is 5.82 Å². The predicted octanol–water partition coefficient (Wildman–Crippen LogP) is 2.14. The quantitative estimate of drug-likeness (QED) is 0.618. The predicted molar refractivity (Wildman–Crippen MR) is 96.5 cm³/mol. The molecule has 0 aliphatic heterocycles. The number of carbonyl (C=O) groups is 2. The highest BCUT2D eigenvalue weighted by Crippen LogP contribution is 2.21. The van der Waals surface area contributed by atoms with E-state index >= 15 is 0 Å². The fourth-order valence-corrected chi connectivity index (χ4v) is 2.57. The Morgan fingerprint density at radius 1 is 1.22 bits per heavy atom. The zero-order valence-electron chi connectivity index (χ0n) is 14.2. The lowest BCUT2D eigenvalue weighted by Gasteiger charge is -2.18. The number of rotatable bonds is 6. The van der Waals surface area contributed by atoms with Gasteiger partial charge in [-0.1, -0.05) is 18.2 Å². The standard InChI is InChI=1S/C18H17FN6O2/c19-14-4-2-1-3-13(14)15(24-18(20)27)9-17(26)23-12-5-6-16(22-10-12)25-8-7-21-11-25/h1-8,10-11,15H,9H2,(H,23,26)(H3,20,24,27)/t15-/m0/s1. The van der Waals surface area contributed by atoms with Gasteiger partial charge in [-0.15, -0.1) is 0 Å². The minimum atomic E-state index is -0.887. The van der Waals surface area contributed by atoms with Crippen LogP contribution in [-0.4, -0.2) is 26.5 Å². The average Bonchev–Trinajstić information content (AvgIpc) is 3.16. The summed E-state index contributed by atoms with van der Waals surface area (Å²) >= 11 is 0. The number of nitrogens with zero attached hydrogens (tertiary/aromatic N) is 3. The number of carbonyl (C=O) groups excluding carboxylic acids is 2. The molecule has 0 fully saturated rings. The first-order valence-corrected chi connectivity index (χ1v) is 8.07. The topological polar surface area (TPSA) is 115 Å². The van der Waals surface area contributed by atoms with Crippen LogP contribution in [0.25, 0.3) is 5.82 Å². The van der Waals surface area contributed by atoms with Gasteiger partial charge < -0.3 is 16.4 Å². The van der Waals surface area contributed by atoms with Gasteiger partial charge in [-0.3, -0.25) is 9.36 Å². The van der Waals surface area contributed by atoms with Gasteiger partial charge in [-0.05, 0) is 18.2 Å². The summed E-state index contributed by atoms with van der Waals surface area (Å²) in [6.45, 7) is 0. The van der Waals surface area contributed by atoms with E-state index in [1.165, 1.54) is 24.4 Å². The molecule has 4 N–H and O–H groups in total. The molecule has 0 aliphatic rings. The number of aromatic nitrogens is 3. The minimum absolute atomic E-state index is 0.181. The molecule has 2 aromatic heterocycles. The molecule has 27 heavy (non-hydrogen) atoms. The summed E-state index contributed by atoms with van der Waals surface area (Å²) in [5.74, 6) is -0.310. The number of benzene rings is 1. The number of hydrogen-bond donors (Lipinski definition) is 3. The fourth-order valence-electron chi connectivity index (χ4n) is 2.57. The van der Waals surface area contributed by atoms with Crippen molar-refractivity contribution in [1.82, 2.24) is 19.9 Å². The molecule has 0 saturated carbocycles. The van der Waals surface area contributed by atoms with Crippen LogP contribution in [0.2, 0.25) is 0 Å². The number of anilines is 1. The van der Waals surface area contributed by atoms with E-state index in [0.29, 0.717) is 11.5 Å². The van der Waals surface area contributed by atoms with Crippen LogP contribution in [-0.2, 0) is 4.79 Å². The Morgan fingerprint density at radius 2 is 2.04 bits per heavy atom. The first-order valence-electron chi connectivity index (χ1n) is 8.07. The Kier molecular flexibility index (Phi) is 5.41. The highest BCUT2D eigenvalue weighted by Gasteiger charge is 2.20. The van der Waals surface area contributed by atoms with Crippen molar-refractivity contribution in [2.75, 3.05) is 5.32 Å². The Balaban J connectivity index is 1.69. The maximum absolute atomic E-state index is 14.0. The van der Waals surface area contributed by atoms with E-state index < -0.39 is 23.8 Å². The average molecular weight is 368 g/mol. The molecule has 1 aromatic carbocycles. The van der Waals surface area contributed by atoms with E-state index in [1.807, 2.05) is 0 Å². The molecule has 8 nitrogen and oxygen atoms in total. The summed E-state index contributed by atoms with van der Waals surface area (Å²) in [6.07, 6.45) is 6.29. The number of imidazole rings is 1. The molecule has 138 valence electrons. The Labute approximate surface area is 154 Å². The van der Waals surface area contributed by atoms with Gasteiger partial charge in [-0.2, -0.15) is 0 Å². The highest BCUT2D eigenvalue weighted by atomic mass is 19.1. The molecule has 0 saturated heterocycles. The number of halogens is 1. The number of hydrogen-bond acceptors (Lipinski definition) is 4. The molecule has 1 atom stereocenters. The summed E-state index contributed by atoms with van der Waals surface area (Å²) in [4.78, 5) is 31.7. The van der Waals surface area contributed by atoms with Gasteiger partial charge >= 0.3 is 6.03 Å². The Morgan fingerprint density at radius 3 is 2.67 bits per heavy atom. The van der Waals surface area contributed by atoms with Gasteiger partial charge in [0.15, 0.2) is 0 Å². The van der Waals surface area contributed by atoms with Gasteiger partial charge in [0.05, 0.1) is 24.3 Å². The number of urea groups is 1. The lowest BCUT2D eigenvalue weighted by atomic mass is 10.0. The number of nitrogens with one attached hydrogen (secondary N) is 2. The van der Waals surface area contributed by atoms with E-state index in [2.05, 4.69) is 20.6 Å². The van der Waals surface area contributed by atoms with Crippen LogP contribution in [0.15, 0.2) is 61.3 Å². The third-order valence-corrected chi connectivity index (χ3v) is 3.79. The second-order valence-corrected chi connectivity index (χ2v) is 5.71. The Hall–Kier alpha value is -3.75. The number of nitrogens with two attached hydrogens (primary N) is 1. The summed E-state index contributed by atoms with van der Waals surface area (Å²) in [6, 6.07) is 7.54. The fraction of sp³-hybridized carbons (Fsp3) is 0.111. The van der Waals surface area contributed by atoms with E-state index in [9.17, 15) is 14.0 Å². The summed E-state index contributed by atoms with van der Waals surface area (Å²) in [5.41, 5.74) is 5.80. The van der Waals surface area contributed by atoms with Crippen molar-refractivity contribution >= 4 is 17.6 Å². The van der Waals surface area contributed by atoms with Crippen LogP contribution in [0.5, 0.6) is 0 Å². The smallest absolute Gasteiger partial charge is 0.312 e. The van der Waals surface area contributed by atoms with Gasteiger partial charge in [-0.25, -0.2) is 19.2 Å². The van der Waals surface area contributed by atoms with Crippen molar-refractivity contribution in [2.45, 2.75) is 12.5 Å². The van der Waals surface area contributed by atoms with Crippen LogP contribution >= 0.6 is 0 Å². The number of pyridine rings is 1. The minimum Gasteiger partial charge on any atom is -0.352 e. The maximum Gasteiger partial charge on any atom is 0.312 e. The zero-order valence-corrected chi connectivity index (χ0v) is 14.2. The lowest BCUT2D eigenvalue weighted by Crippen LogP contribution is -2.35. The zero-order chi connectivity index (χ0) is 19.2. The van der Waals surface area contributed by atoms with Crippen molar-refractivity contribution in [3.8, 4) is 5.82 Å². The maximum atomic E-state index is 14.0. The second kappa shape index (κ2) is 8.09. The van der Waals surface area contributed by atoms with E-state index in [-0.39, 0.29) is 12.0 Å². The molecule has 9 heteroatoms. The number of primary amides is 1. The van der Waals surface area contributed by atoms with Crippen LogP contribution in [0.4, 0.5) is 14.9 Å². The lowest BCUT2D eigenvalue weighted by molar-refractivity contribution is -0.116. The van der Waals surface area contributed by atoms with Crippen molar-refractivity contribution in [2.24, 2.45) is 5.73 Å². The largest absolute Gasteiger partial charge is 0.352 e. The van der Waals surface area contributed by atoms with E-state index in [4.69, 9.17) is 5.73 Å². The second-order valence-electron chi connectivity index (χ2n) is 5.71. The van der Waals surface area contributed by atoms with Crippen molar-refractivity contribution in [1.29, 1.82) is 0 Å². The van der Waals surface area contributed by atoms with E-state index in [1.54, 1.807) is 41.5 Å². The monoisotopic (exact) mass is 368 g/mol. The summed E-state index contributed by atoms with van der Waals surface area (Å²) in [5, 5.41) is 5.06. The van der Waals surface area contributed by atoms with Crippen LogP contribution in [0.3, 0.4) is 0 Å². The molecule has 2 heterocycles. The van der Waals surface area contributed by atoms with Crippen molar-refractivity contribution in [3.63, 3.8) is 0 Å². The third-order valence-electron chi connectivity index (χ3n) is 3.79. The molecule has 0 unspecified atom stereocenters. The SMILES string of the molecule is NC(=O)N[C@@H](CC(=O)Nc1ccc(-n2ccnc2)nc1)c1ccccc1F. The molecule has 0 aliphatic carbocycles. The van der Waals surface area contributed by atoms with Gasteiger partial charge in [0.2, 0.25) is 5.91 Å². The molecule has 0 spiro atoms. The molecule has 3 aromatic rings. The molecular formula is C18H17FN6O2. The van der Waals surface area contributed by atoms with E-state index in [0.717, 1.165) is 0 Å². The molecule has 3 amide bonds.